The zero-order valence-corrected chi connectivity index (χ0v) is 14.1. The lowest BCUT2D eigenvalue weighted by Crippen LogP contribution is -2.42. The Morgan fingerprint density at radius 3 is 2.16 bits per heavy atom. The van der Waals surface area contributed by atoms with Gasteiger partial charge < -0.3 is 4.42 Å². The third-order valence-corrected chi connectivity index (χ3v) is 4.42. The second kappa shape index (κ2) is 7.14. The van der Waals surface area contributed by atoms with Gasteiger partial charge in [-0.25, -0.2) is 0 Å². The molecule has 7 heteroatoms. The van der Waals surface area contributed by atoms with Crippen molar-refractivity contribution >= 4 is 28.9 Å². The molecule has 0 saturated heterocycles. The van der Waals surface area contributed by atoms with E-state index in [1.165, 1.54) is 29.7 Å². The van der Waals surface area contributed by atoms with Crippen molar-refractivity contribution < 1.29 is 18.8 Å². The molecule has 0 saturated carbocycles. The van der Waals surface area contributed by atoms with Gasteiger partial charge in [-0.2, -0.15) is 0 Å². The lowest BCUT2D eigenvalue weighted by atomic mass is 10.0. The third kappa shape index (κ3) is 3.51. The van der Waals surface area contributed by atoms with Crippen LogP contribution in [0.1, 0.15) is 41.7 Å². The van der Waals surface area contributed by atoms with Crippen LogP contribution in [0.5, 0.6) is 0 Å². The highest BCUT2D eigenvalue weighted by molar-refractivity contribution is 7.12. The Kier molecular flexibility index (Phi) is 4.76. The summed E-state index contributed by atoms with van der Waals surface area (Å²) in [6, 6.07) is 11.4. The van der Waals surface area contributed by atoms with E-state index < -0.39 is 11.8 Å². The van der Waals surface area contributed by atoms with Gasteiger partial charge >= 0.3 is 0 Å². The molecule has 0 aliphatic heterocycles. The summed E-state index contributed by atoms with van der Waals surface area (Å²) in [6.45, 7) is 1.64. The van der Waals surface area contributed by atoms with Gasteiger partial charge in [-0.1, -0.05) is 24.3 Å². The number of furan rings is 1. The molecule has 0 bridgehead atoms. The molecule has 0 fully saturated rings. The van der Waals surface area contributed by atoms with E-state index in [2.05, 4.69) is 10.9 Å². The molecule has 0 aliphatic carbocycles. The van der Waals surface area contributed by atoms with Gasteiger partial charge in [0.25, 0.3) is 11.8 Å². The summed E-state index contributed by atoms with van der Waals surface area (Å²) in [5.41, 5.74) is 5.43. The minimum absolute atomic E-state index is 0.185. The molecular weight excluding hydrogens is 340 g/mol. The minimum Gasteiger partial charge on any atom is -0.469 e. The SMILES string of the molecule is Cc1occc1C(=O)NNC(=O)c1ccccc1C(=O)c1cccs1. The highest BCUT2D eigenvalue weighted by atomic mass is 32.1. The Morgan fingerprint density at radius 1 is 0.880 bits per heavy atom. The monoisotopic (exact) mass is 354 g/mol. The maximum absolute atomic E-state index is 12.5. The fourth-order valence-corrected chi connectivity index (χ4v) is 2.97. The van der Waals surface area contributed by atoms with Gasteiger partial charge in [-0.3, -0.25) is 25.2 Å². The normalized spacial score (nSPS) is 10.3. The third-order valence-electron chi connectivity index (χ3n) is 3.55. The van der Waals surface area contributed by atoms with Gasteiger partial charge in [0.05, 0.1) is 22.3 Å². The van der Waals surface area contributed by atoms with Crippen LogP contribution in [0.15, 0.2) is 58.5 Å². The first-order valence-electron chi connectivity index (χ1n) is 7.40. The van der Waals surface area contributed by atoms with Gasteiger partial charge in [-0.05, 0) is 30.5 Å². The molecule has 0 spiro atoms. The fraction of sp³-hybridized carbons (Fsp3) is 0.0556. The van der Waals surface area contributed by atoms with Crippen molar-refractivity contribution in [3.05, 3.63) is 81.4 Å². The molecule has 0 unspecified atom stereocenters. The van der Waals surface area contributed by atoms with Crippen LogP contribution in [-0.4, -0.2) is 17.6 Å². The van der Waals surface area contributed by atoms with Gasteiger partial charge in [0, 0.05) is 5.56 Å². The van der Waals surface area contributed by atoms with Gasteiger partial charge in [0.2, 0.25) is 5.78 Å². The number of ketones is 1. The van der Waals surface area contributed by atoms with Crippen molar-refractivity contribution in [3.8, 4) is 0 Å². The first-order valence-corrected chi connectivity index (χ1v) is 8.28. The maximum atomic E-state index is 12.5. The lowest BCUT2D eigenvalue weighted by molar-refractivity contribution is 0.0844. The Labute approximate surface area is 147 Å². The molecule has 2 amide bonds. The quantitative estimate of drug-likeness (QED) is 0.557. The summed E-state index contributed by atoms with van der Waals surface area (Å²) >= 11 is 1.30. The van der Waals surface area contributed by atoms with E-state index in [-0.39, 0.29) is 16.9 Å². The predicted octanol–water partition coefficient (Wildman–Crippen LogP) is 2.96. The topological polar surface area (TPSA) is 88.4 Å². The summed E-state index contributed by atoms with van der Waals surface area (Å²) in [5, 5.41) is 1.80. The van der Waals surface area contributed by atoms with Crippen LogP contribution < -0.4 is 10.9 Å². The van der Waals surface area contributed by atoms with Crippen LogP contribution in [0.4, 0.5) is 0 Å². The van der Waals surface area contributed by atoms with E-state index in [0.717, 1.165) is 0 Å². The Balaban J connectivity index is 1.76. The van der Waals surface area contributed by atoms with E-state index >= 15 is 0 Å². The number of thiophene rings is 1. The number of hydrazine groups is 1. The van der Waals surface area contributed by atoms with Crippen molar-refractivity contribution in [2.24, 2.45) is 0 Å². The van der Waals surface area contributed by atoms with Crippen LogP contribution in [0.3, 0.4) is 0 Å². The Hall–Kier alpha value is -3.19. The van der Waals surface area contributed by atoms with Crippen molar-refractivity contribution in [2.75, 3.05) is 0 Å². The highest BCUT2D eigenvalue weighted by Gasteiger charge is 2.19. The van der Waals surface area contributed by atoms with Crippen LogP contribution in [0.2, 0.25) is 0 Å². The number of hydrogen-bond acceptors (Lipinski definition) is 5. The Morgan fingerprint density at radius 2 is 1.56 bits per heavy atom. The molecule has 0 radical (unpaired) electrons. The van der Waals surface area contributed by atoms with E-state index in [0.29, 0.717) is 16.2 Å². The average molecular weight is 354 g/mol. The number of hydrogen-bond donors (Lipinski definition) is 2. The van der Waals surface area contributed by atoms with Crippen LogP contribution >= 0.6 is 11.3 Å². The molecule has 0 atom stereocenters. The van der Waals surface area contributed by atoms with E-state index in [4.69, 9.17) is 4.42 Å². The molecule has 126 valence electrons. The van der Waals surface area contributed by atoms with Crippen LogP contribution in [0.25, 0.3) is 0 Å². The number of carbonyl (C=O) groups is 3. The number of rotatable bonds is 4. The fourth-order valence-electron chi connectivity index (χ4n) is 2.29. The number of carbonyl (C=O) groups excluding carboxylic acids is 3. The molecule has 2 aromatic heterocycles. The maximum Gasteiger partial charge on any atom is 0.273 e. The second-order valence-corrected chi connectivity index (χ2v) is 6.10. The van der Waals surface area contributed by atoms with Crippen LogP contribution in [0, 0.1) is 6.92 Å². The lowest BCUT2D eigenvalue weighted by Gasteiger charge is -2.10. The largest absolute Gasteiger partial charge is 0.469 e. The zero-order chi connectivity index (χ0) is 17.8. The first-order chi connectivity index (χ1) is 12.1. The second-order valence-electron chi connectivity index (χ2n) is 5.15. The summed E-state index contributed by atoms with van der Waals surface area (Å²) in [6.07, 6.45) is 1.39. The molecule has 1 aromatic carbocycles. The molecule has 3 rings (SSSR count). The average Bonchev–Trinajstić information content (AvgIpc) is 3.30. The minimum atomic E-state index is -0.574. The molecule has 6 nitrogen and oxygen atoms in total. The van der Waals surface area contributed by atoms with E-state index in [1.54, 1.807) is 42.6 Å². The number of amides is 2. The smallest absolute Gasteiger partial charge is 0.273 e. The highest BCUT2D eigenvalue weighted by Crippen LogP contribution is 2.18. The predicted molar refractivity (Wildman–Crippen MR) is 92.6 cm³/mol. The zero-order valence-electron chi connectivity index (χ0n) is 13.2. The summed E-state index contributed by atoms with van der Waals surface area (Å²) in [5.74, 6) is -0.866. The van der Waals surface area contributed by atoms with Crippen molar-refractivity contribution in [3.63, 3.8) is 0 Å². The standard InChI is InChI=1S/C18H14N2O4S/c1-11-12(8-9-24-11)17(22)19-20-18(23)14-6-3-2-5-13(14)16(21)15-7-4-10-25-15/h2-10H,1H3,(H,19,22)(H,20,23). The molecule has 3 aromatic rings. The van der Waals surface area contributed by atoms with Gasteiger partial charge in [0.15, 0.2) is 0 Å². The summed E-state index contributed by atoms with van der Waals surface area (Å²) in [4.78, 5) is 37.5. The first kappa shape index (κ1) is 16.7. The van der Waals surface area contributed by atoms with Crippen molar-refractivity contribution in [2.45, 2.75) is 6.92 Å². The number of benzene rings is 1. The number of nitrogens with one attached hydrogen (secondary N) is 2. The van der Waals surface area contributed by atoms with Crippen molar-refractivity contribution in [1.82, 2.24) is 10.9 Å². The number of aryl methyl sites for hydroxylation is 1. The summed E-state index contributed by atoms with van der Waals surface area (Å²) in [7, 11) is 0. The molecule has 2 heterocycles. The summed E-state index contributed by atoms with van der Waals surface area (Å²) < 4.78 is 5.05. The van der Waals surface area contributed by atoms with Gasteiger partial charge in [0.1, 0.15) is 5.76 Å². The van der Waals surface area contributed by atoms with Gasteiger partial charge in [-0.15, -0.1) is 11.3 Å². The Bertz CT molecular complexity index is 928. The molecule has 0 aliphatic rings. The van der Waals surface area contributed by atoms with E-state index in [9.17, 15) is 14.4 Å². The molecule has 2 N–H and O–H groups in total. The van der Waals surface area contributed by atoms with E-state index in [1.807, 2.05) is 0 Å². The van der Waals surface area contributed by atoms with Crippen molar-refractivity contribution in [1.29, 1.82) is 0 Å². The molecular formula is C18H14N2O4S. The molecule has 25 heavy (non-hydrogen) atoms. The van der Waals surface area contributed by atoms with Crippen LogP contribution in [-0.2, 0) is 0 Å².